The molecule has 8 rings (SSSR count). The summed E-state index contributed by atoms with van der Waals surface area (Å²) >= 11 is 0. The van der Waals surface area contributed by atoms with Gasteiger partial charge in [0.1, 0.15) is 28.9 Å². The molecule has 0 bridgehead atoms. The van der Waals surface area contributed by atoms with Crippen LogP contribution in [0.25, 0.3) is 11.4 Å². The first-order valence-electron chi connectivity index (χ1n) is 21.5. The fraction of sp³-hybridized carbons (Fsp3) is 0.240. The molecule has 0 saturated carbocycles. The van der Waals surface area contributed by atoms with Crippen molar-refractivity contribution in [2.45, 2.75) is 59.9 Å². The van der Waals surface area contributed by atoms with Crippen LogP contribution >= 0.6 is 0 Å². The van der Waals surface area contributed by atoms with E-state index >= 15 is 0 Å². The van der Waals surface area contributed by atoms with Crippen LogP contribution in [0.1, 0.15) is 48.5 Å². The zero-order chi connectivity index (χ0) is 43.0. The van der Waals surface area contributed by atoms with E-state index in [2.05, 4.69) is 168 Å². The number of benzene rings is 4. The first kappa shape index (κ1) is 41.5. The molecular weight excluding hydrogens is 769 g/mol. The number of aryl methyl sites for hydroxylation is 6. The molecule has 62 heavy (non-hydrogen) atoms. The Morgan fingerprint density at radius 1 is 0.516 bits per heavy atom. The second-order valence-electron chi connectivity index (χ2n) is 16.1. The highest BCUT2D eigenvalue weighted by Crippen LogP contribution is 2.26. The fourth-order valence-electron chi connectivity index (χ4n) is 7.98. The molecule has 1 aliphatic rings. The minimum Gasteiger partial charge on any atom is -0.356 e. The molecule has 4 heterocycles. The standard InChI is InChI=1S/C50H54N12/c1-37-11-12-38(2)61(37)47-27-23-43(24-28-47)51-41-15-19-45(20-16-41)53-55-49-57(5)33-35-59(49)31-9-7-8-10-32-60-36-34-58(6)50(60)56-54-46-21-17-42(18-22-46)52-44-25-29-48(30-26-44)62-39(3)13-14-40(62)4/h11-30,33-36H,7-10,31-32H2,1-6H3/p+3. The number of azo groups is 2. The predicted molar refractivity (Wildman–Crippen MR) is 249 cm³/mol. The highest BCUT2D eigenvalue weighted by molar-refractivity contribution is 5.68. The Hall–Kier alpha value is -7.18. The molecule has 0 aliphatic carbocycles. The Balaban J connectivity index is 0.762. The highest BCUT2D eigenvalue weighted by atomic mass is 15.4. The van der Waals surface area contributed by atoms with E-state index in [0.29, 0.717) is 0 Å². The van der Waals surface area contributed by atoms with Crippen molar-refractivity contribution in [1.29, 1.82) is 0 Å². The number of nitrogens with one attached hydrogen (secondary N) is 3. The molecule has 0 saturated heterocycles. The molecule has 12 heteroatoms. The average molecular weight is 826 g/mol. The van der Waals surface area contributed by atoms with E-state index in [1.54, 1.807) is 0 Å². The van der Waals surface area contributed by atoms with Gasteiger partial charge < -0.3 is 19.8 Å². The lowest BCUT2D eigenvalue weighted by Crippen LogP contribution is -3.09. The molecule has 1 unspecified atom stereocenters. The molecule has 0 fully saturated rings. The summed E-state index contributed by atoms with van der Waals surface area (Å²) in [6.07, 6.45) is 12.8. The van der Waals surface area contributed by atoms with Crippen LogP contribution < -0.4 is 20.1 Å². The summed E-state index contributed by atoms with van der Waals surface area (Å²) in [7, 11) is 4.04. The summed E-state index contributed by atoms with van der Waals surface area (Å²) in [5.74, 6) is 1.74. The topological polar surface area (TPSA) is 99.6 Å². The smallest absolute Gasteiger partial charge is 0.356 e. The van der Waals surface area contributed by atoms with Crippen molar-refractivity contribution in [3.63, 3.8) is 0 Å². The van der Waals surface area contributed by atoms with Crippen LogP contribution in [0, 0.1) is 27.7 Å². The molecule has 1 aliphatic heterocycles. The van der Waals surface area contributed by atoms with E-state index < -0.39 is 0 Å². The Morgan fingerprint density at radius 2 is 0.968 bits per heavy atom. The average Bonchev–Trinajstić information content (AvgIpc) is 4.03. The van der Waals surface area contributed by atoms with Crippen LogP contribution in [-0.4, -0.2) is 37.8 Å². The maximum atomic E-state index is 4.68. The molecule has 3 N–H and O–H groups in total. The maximum Gasteiger partial charge on any atom is 0.524 e. The van der Waals surface area contributed by atoms with E-state index in [-0.39, 0.29) is 0 Å². The van der Waals surface area contributed by atoms with Gasteiger partial charge in [-0.2, -0.15) is 9.48 Å². The Bertz CT molecular complexity index is 2690. The van der Waals surface area contributed by atoms with Crippen LogP contribution in [0.5, 0.6) is 0 Å². The van der Waals surface area contributed by atoms with Crippen molar-refractivity contribution < 1.29 is 14.0 Å². The molecular formula is C50H57N12+3. The van der Waals surface area contributed by atoms with Gasteiger partial charge >= 0.3 is 11.9 Å². The maximum absolute atomic E-state index is 4.68. The number of guanidine groups is 1. The SMILES string of the molecule is Cc1ccc(C)n1-c1ccc(Nc2ccc(N=NC3=[N+](C)C=C[NH+]3CCCCCCn3cc[n+](C)c3N=Nc3ccc(Nc4ccc(-n5c(C)ccc5C)cc4)cc3)cc2)cc1. The molecule has 0 amide bonds. The highest BCUT2D eigenvalue weighted by Gasteiger charge is 2.30. The van der Waals surface area contributed by atoms with Gasteiger partial charge in [0.2, 0.25) is 0 Å². The van der Waals surface area contributed by atoms with Gasteiger partial charge in [0, 0.05) is 62.0 Å². The van der Waals surface area contributed by atoms with E-state index in [0.717, 1.165) is 96.2 Å². The van der Waals surface area contributed by atoms with Crippen molar-refractivity contribution in [3.8, 4) is 11.4 Å². The summed E-state index contributed by atoms with van der Waals surface area (Å²) < 4.78 is 10.8. The van der Waals surface area contributed by atoms with Gasteiger partial charge in [0.05, 0.1) is 39.6 Å². The lowest BCUT2D eigenvalue weighted by atomic mass is 10.2. The molecule has 0 spiro atoms. The Labute approximate surface area is 364 Å². The fourth-order valence-corrected chi connectivity index (χ4v) is 7.98. The van der Waals surface area contributed by atoms with Gasteiger partial charge in [0.15, 0.2) is 0 Å². The quantitative estimate of drug-likeness (QED) is 0.0514. The molecule has 3 aromatic heterocycles. The number of quaternary nitrogens is 1. The lowest BCUT2D eigenvalue weighted by Gasteiger charge is -2.11. The van der Waals surface area contributed by atoms with Gasteiger partial charge in [-0.05, 0) is 173 Å². The molecule has 12 nitrogen and oxygen atoms in total. The summed E-state index contributed by atoms with van der Waals surface area (Å²) in [5, 5.41) is 25.5. The van der Waals surface area contributed by atoms with Crippen LogP contribution in [0.4, 0.5) is 40.1 Å². The van der Waals surface area contributed by atoms with Crippen LogP contribution in [0.3, 0.4) is 0 Å². The van der Waals surface area contributed by atoms with Crippen molar-refractivity contribution in [2.75, 3.05) is 24.2 Å². The third-order valence-corrected chi connectivity index (χ3v) is 11.4. The van der Waals surface area contributed by atoms with Gasteiger partial charge in [-0.1, -0.05) is 11.5 Å². The number of hydrogen-bond acceptors (Lipinski definition) is 6. The van der Waals surface area contributed by atoms with Crippen LogP contribution in [-0.2, 0) is 13.6 Å². The third-order valence-electron chi connectivity index (χ3n) is 11.4. The monoisotopic (exact) mass is 825 g/mol. The molecule has 314 valence electrons. The summed E-state index contributed by atoms with van der Waals surface area (Å²) in [6, 6.07) is 41.7. The first-order chi connectivity index (χ1) is 30.2. The zero-order valence-corrected chi connectivity index (χ0v) is 36.6. The van der Waals surface area contributed by atoms with Crippen molar-refractivity contribution in [3.05, 3.63) is 169 Å². The Kier molecular flexibility index (Phi) is 12.8. The van der Waals surface area contributed by atoms with Crippen molar-refractivity contribution in [1.82, 2.24) is 13.7 Å². The van der Waals surface area contributed by atoms with Crippen molar-refractivity contribution in [2.24, 2.45) is 27.5 Å². The number of anilines is 4. The zero-order valence-electron chi connectivity index (χ0n) is 36.6. The van der Waals surface area contributed by atoms with Gasteiger partial charge in [-0.15, -0.1) is 0 Å². The minimum absolute atomic E-state index is 0.805. The van der Waals surface area contributed by atoms with Crippen LogP contribution in [0.2, 0.25) is 0 Å². The number of aromatic nitrogens is 4. The summed E-state index contributed by atoms with van der Waals surface area (Å²) in [5.41, 5.74) is 12.9. The summed E-state index contributed by atoms with van der Waals surface area (Å²) in [4.78, 5) is 1.22. The van der Waals surface area contributed by atoms with Gasteiger partial charge in [0.25, 0.3) is 0 Å². The lowest BCUT2D eigenvalue weighted by molar-refractivity contribution is -0.760. The van der Waals surface area contributed by atoms with Crippen LogP contribution in [0.15, 0.2) is 167 Å². The van der Waals surface area contributed by atoms with E-state index in [4.69, 9.17) is 0 Å². The molecule has 1 atom stereocenters. The second kappa shape index (κ2) is 19.0. The summed E-state index contributed by atoms with van der Waals surface area (Å²) in [6.45, 7) is 10.4. The normalized spacial score (nSPS) is 13.9. The van der Waals surface area contributed by atoms with Gasteiger partial charge in [-0.3, -0.25) is 0 Å². The number of rotatable bonds is 16. The van der Waals surface area contributed by atoms with E-state index in [1.165, 1.54) is 27.7 Å². The largest absolute Gasteiger partial charge is 0.524 e. The van der Waals surface area contributed by atoms with E-state index in [9.17, 15) is 0 Å². The van der Waals surface area contributed by atoms with E-state index in [1.807, 2.05) is 73.4 Å². The first-order valence-corrected chi connectivity index (χ1v) is 21.5. The minimum atomic E-state index is 0.805. The molecule has 0 radical (unpaired) electrons. The number of hydrogen-bond donors (Lipinski definition) is 3. The molecule has 4 aromatic carbocycles. The number of imidazole rings is 1. The second-order valence-corrected chi connectivity index (χ2v) is 16.1. The van der Waals surface area contributed by atoms with Crippen molar-refractivity contribution >= 4 is 46.0 Å². The Morgan fingerprint density at radius 3 is 1.47 bits per heavy atom. The van der Waals surface area contributed by atoms with Gasteiger partial charge in [-0.25, -0.2) is 9.13 Å². The number of unbranched alkanes of at least 4 members (excludes halogenated alkanes) is 3. The number of nitrogens with zero attached hydrogens (tertiary/aromatic N) is 9. The third kappa shape index (κ3) is 9.88. The molecule has 7 aromatic rings. The predicted octanol–water partition coefficient (Wildman–Crippen LogP) is 10.7.